The summed E-state index contributed by atoms with van der Waals surface area (Å²) >= 11 is 0. The Bertz CT molecular complexity index is 195. The molecule has 1 N–H and O–H groups in total. The van der Waals surface area contributed by atoms with Crippen molar-refractivity contribution in [1.29, 1.82) is 0 Å². The molecule has 0 radical (unpaired) electrons. The maximum atomic E-state index is 11.1. The molecule has 5 heteroatoms. The van der Waals surface area contributed by atoms with Crippen molar-refractivity contribution < 1.29 is 9.00 Å². The number of amides is 1. The molecule has 0 spiro atoms. The number of rotatable bonds is 7. The number of nitrogens with one attached hydrogen (secondary N) is 1. The first kappa shape index (κ1) is 13.6. The zero-order valence-electron chi connectivity index (χ0n) is 9.21. The number of nitrogens with zero attached hydrogens (tertiary/aromatic N) is 1. The normalized spacial score (nSPS) is 12.5. The van der Waals surface area contributed by atoms with Crippen LogP contribution in [0, 0.1) is 0 Å². The van der Waals surface area contributed by atoms with Crippen LogP contribution in [-0.2, 0) is 15.6 Å². The van der Waals surface area contributed by atoms with Crippen molar-refractivity contribution in [1.82, 2.24) is 10.2 Å². The van der Waals surface area contributed by atoms with Crippen molar-refractivity contribution >= 4 is 16.7 Å². The van der Waals surface area contributed by atoms with E-state index in [0.29, 0.717) is 13.0 Å². The highest BCUT2D eigenvalue weighted by atomic mass is 32.2. The van der Waals surface area contributed by atoms with Crippen LogP contribution in [0.4, 0.5) is 0 Å². The van der Waals surface area contributed by atoms with Gasteiger partial charge in [-0.1, -0.05) is 0 Å². The molecule has 0 saturated heterocycles. The van der Waals surface area contributed by atoms with Crippen LogP contribution in [0.3, 0.4) is 0 Å². The smallest absolute Gasteiger partial charge is 0.223 e. The average molecular weight is 220 g/mol. The minimum Gasteiger partial charge on any atom is -0.349 e. The van der Waals surface area contributed by atoms with Crippen LogP contribution in [0.5, 0.6) is 0 Å². The molecular weight excluding hydrogens is 200 g/mol. The molecule has 0 fully saturated rings. The van der Waals surface area contributed by atoms with Gasteiger partial charge in [-0.3, -0.25) is 9.00 Å². The Balaban J connectivity index is 3.22. The fourth-order valence-corrected chi connectivity index (χ4v) is 1.50. The molecule has 0 rings (SSSR count). The van der Waals surface area contributed by atoms with Crippen LogP contribution in [0.25, 0.3) is 0 Å². The van der Waals surface area contributed by atoms with Crippen LogP contribution in [-0.4, -0.2) is 54.2 Å². The Morgan fingerprint density at radius 2 is 2.00 bits per heavy atom. The summed E-state index contributed by atoms with van der Waals surface area (Å²) in [5.41, 5.74) is 0. The lowest BCUT2D eigenvalue weighted by molar-refractivity contribution is -0.128. The fourth-order valence-electron chi connectivity index (χ4n) is 0.944. The average Bonchev–Trinajstić information content (AvgIpc) is 2.09. The molecule has 84 valence electrons. The number of carbonyl (C=O) groups is 1. The van der Waals surface area contributed by atoms with Crippen molar-refractivity contribution in [3.63, 3.8) is 0 Å². The summed E-state index contributed by atoms with van der Waals surface area (Å²) in [6, 6.07) is 0. The van der Waals surface area contributed by atoms with Gasteiger partial charge in [0.1, 0.15) is 0 Å². The van der Waals surface area contributed by atoms with Crippen LogP contribution < -0.4 is 5.32 Å². The summed E-state index contributed by atoms with van der Waals surface area (Å²) in [6.45, 7) is 1.54. The van der Waals surface area contributed by atoms with Crippen LogP contribution >= 0.6 is 0 Å². The quantitative estimate of drug-likeness (QED) is 0.606. The van der Waals surface area contributed by atoms with E-state index in [9.17, 15) is 9.00 Å². The van der Waals surface area contributed by atoms with Crippen LogP contribution in [0.1, 0.15) is 12.8 Å². The highest BCUT2D eigenvalue weighted by Gasteiger charge is 2.01. The molecule has 4 nitrogen and oxygen atoms in total. The third-order valence-electron chi connectivity index (χ3n) is 1.80. The summed E-state index contributed by atoms with van der Waals surface area (Å²) < 4.78 is 10.7. The van der Waals surface area contributed by atoms with Crippen LogP contribution in [0.2, 0.25) is 0 Å². The molecule has 0 aromatic carbocycles. The minimum absolute atomic E-state index is 0.136. The molecular formula is C9H20N2O2S. The molecule has 0 aliphatic carbocycles. The lowest BCUT2D eigenvalue weighted by atomic mass is 10.3. The number of hydrogen-bond donors (Lipinski definition) is 1. The van der Waals surface area contributed by atoms with Gasteiger partial charge in [0.25, 0.3) is 0 Å². The first-order valence-electron chi connectivity index (χ1n) is 4.75. The third kappa shape index (κ3) is 8.19. The summed E-state index contributed by atoms with van der Waals surface area (Å²) in [5.74, 6) is 0.866. The van der Waals surface area contributed by atoms with Crippen molar-refractivity contribution in [2.45, 2.75) is 12.8 Å². The Kier molecular flexibility index (Phi) is 7.70. The standard InChI is InChI=1S/C9H20N2O2S/c1-11(2)9(12)5-7-10-6-4-8-14(3)13/h10H,4-8H2,1-3H3. The number of carbonyl (C=O) groups excluding carboxylic acids is 1. The van der Waals surface area contributed by atoms with Crippen molar-refractivity contribution in [2.75, 3.05) is 39.2 Å². The zero-order chi connectivity index (χ0) is 11.0. The highest BCUT2D eigenvalue weighted by Crippen LogP contribution is 1.86. The second-order valence-electron chi connectivity index (χ2n) is 3.42. The van der Waals surface area contributed by atoms with E-state index < -0.39 is 10.8 Å². The predicted molar refractivity (Wildman–Crippen MR) is 59.7 cm³/mol. The molecule has 0 bridgehead atoms. The van der Waals surface area contributed by atoms with Gasteiger partial charge < -0.3 is 10.2 Å². The lowest BCUT2D eigenvalue weighted by Crippen LogP contribution is -2.27. The zero-order valence-corrected chi connectivity index (χ0v) is 10.0. The summed E-state index contributed by atoms with van der Waals surface area (Å²) in [4.78, 5) is 12.7. The van der Waals surface area contributed by atoms with Crippen molar-refractivity contribution in [3.8, 4) is 0 Å². The van der Waals surface area contributed by atoms with E-state index in [2.05, 4.69) is 5.32 Å². The van der Waals surface area contributed by atoms with Crippen molar-refractivity contribution in [2.24, 2.45) is 0 Å². The second kappa shape index (κ2) is 7.94. The Morgan fingerprint density at radius 1 is 1.36 bits per heavy atom. The van der Waals surface area contributed by atoms with Gasteiger partial charge in [-0.2, -0.15) is 0 Å². The van der Waals surface area contributed by atoms with Gasteiger partial charge >= 0.3 is 0 Å². The summed E-state index contributed by atoms with van der Waals surface area (Å²) in [7, 11) is 2.80. The molecule has 0 heterocycles. The van der Waals surface area contributed by atoms with E-state index in [1.165, 1.54) is 0 Å². The second-order valence-corrected chi connectivity index (χ2v) is 4.97. The highest BCUT2D eigenvalue weighted by molar-refractivity contribution is 7.84. The molecule has 0 aromatic heterocycles. The Morgan fingerprint density at radius 3 is 2.50 bits per heavy atom. The largest absolute Gasteiger partial charge is 0.349 e. The molecule has 14 heavy (non-hydrogen) atoms. The molecule has 0 aliphatic rings. The first-order valence-corrected chi connectivity index (χ1v) is 6.47. The molecule has 0 aromatic rings. The molecule has 0 saturated carbocycles. The van der Waals surface area contributed by atoms with Gasteiger partial charge in [0.2, 0.25) is 5.91 Å². The minimum atomic E-state index is -0.702. The van der Waals surface area contributed by atoms with E-state index in [0.717, 1.165) is 18.7 Å². The SMILES string of the molecule is CN(C)C(=O)CCNCCCS(C)=O. The van der Waals surface area contributed by atoms with E-state index >= 15 is 0 Å². The maximum absolute atomic E-state index is 11.1. The lowest BCUT2D eigenvalue weighted by Gasteiger charge is -2.10. The topological polar surface area (TPSA) is 49.4 Å². The summed E-state index contributed by atoms with van der Waals surface area (Å²) in [6.07, 6.45) is 3.14. The first-order chi connectivity index (χ1) is 6.54. The van der Waals surface area contributed by atoms with Gasteiger partial charge in [-0.15, -0.1) is 0 Å². The molecule has 0 aliphatic heterocycles. The van der Waals surface area contributed by atoms with Gasteiger partial charge in [0.15, 0.2) is 0 Å². The van der Waals surface area contributed by atoms with Gasteiger partial charge in [-0.05, 0) is 13.0 Å². The monoisotopic (exact) mass is 220 g/mol. The third-order valence-corrected chi connectivity index (χ3v) is 2.66. The molecule has 1 amide bonds. The number of hydrogen-bond acceptors (Lipinski definition) is 3. The molecule has 1 unspecified atom stereocenters. The Hall–Kier alpha value is -0.420. The summed E-state index contributed by atoms with van der Waals surface area (Å²) in [5, 5.41) is 3.14. The fraction of sp³-hybridized carbons (Fsp3) is 0.889. The predicted octanol–water partition coefficient (Wildman–Crippen LogP) is -0.177. The van der Waals surface area contributed by atoms with E-state index in [1.54, 1.807) is 25.3 Å². The Labute approximate surface area is 88.5 Å². The van der Waals surface area contributed by atoms with E-state index in [1.807, 2.05) is 0 Å². The van der Waals surface area contributed by atoms with E-state index in [-0.39, 0.29) is 5.91 Å². The van der Waals surface area contributed by atoms with Gasteiger partial charge in [-0.25, -0.2) is 0 Å². The van der Waals surface area contributed by atoms with Crippen LogP contribution in [0.15, 0.2) is 0 Å². The van der Waals surface area contributed by atoms with Gasteiger partial charge in [0, 0.05) is 49.9 Å². The van der Waals surface area contributed by atoms with E-state index in [4.69, 9.17) is 0 Å². The maximum Gasteiger partial charge on any atom is 0.223 e. The molecule has 1 atom stereocenters. The van der Waals surface area contributed by atoms with Gasteiger partial charge in [0.05, 0.1) is 0 Å². The van der Waals surface area contributed by atoms with Crippen molar-refractivity contribution in [3.05, 3.63) is 0 Å².